The molecule has 0 bridgehead atoms. The van der Waals surface area contributed by atoms with Crippen LogP contribution in [0.1, 0.15) is 52.4 Å². The van der Waals surface area contributed by atoms with Gasteiger partial charge in [0.1, 0.15) is 0 Å². The van der Waals surface area contributed by atoms with Crippen molar-refractivity contribution in [3.8, 4) is 0 Å². The average molecular weight is 241 g/mol. The lowest BCUT2D eigenvalue weighted by atomic mass is 10.0. The average Bonchev–Trinajstić information content (AvgIpc) is 2.81. The van der Waals surface area contributed by atoms with Crippen molar-refractivity contribution in [2.75, 3.05) is 19.7 Å². The number of carbonyl (C=O) groups is 1. The van der Waals surface area contributed by atoms with E-state index in [1.54, 1.807) is 0 Å². The van der Waals surface area contributed by atoms with Crippen LogP contribution in [0.15, 0.2) is 0 Å². The standard InChI is InChI=1S/C14H27NO2/c1-3-17-14(16)12(2)11-15-10-6-9-13-7-4-5-8-13/h12-13,15H,3-11H2,1-2H3. The van der Waals surface area contributed by atoms with E-state index in [0.717, 1.165) is 19.0 Å². The van der Waals surface area contributed by atoms with Crippen LogP contribution in [0.5, 0.6) is 0 Å². The molecule has 0 aliphatic heterocycles. The summed E-state index contributed by atoms with van der Waals surface area (Å²) in [5, 5.41) is 3.35. The summed E-state index contributed by atoms with van der Waals surface area (Å²) >= 11 is 0. The van der Waals surface area contributed by atoms with Gasteiger partial charge in [0.05, 0.1) is 12.5 Å². The minimum Gasteiger partial charge on any atom is -0.466 e. The third kappa shape index (κ3) is 6.06. The fourth-order valence-corrected chi connectivity index (χ4v) is 2.50. The van der Waals surface area contributed by atoms with Gasteiger partial charge in [-0.15, -0.1) is 0 Å². The van der Waals surface area contributed by atoms with Gasteiger partial charge in [0.15, 0.2) is 0 Å². The van der Waals surface area contributed by atoms with Crippen molar-refractivity contribution in [1.29, 1.82) is 0 Å². The maximum absolute atomic E-state index is 11.4. The molecule has 1 saturated carbocycles. The minimum atomic E-state index is -0.0872. The summed E-state index contributed by atoms with van der Waals surface area (Å²) in [5.41, 5.74) is 0. The molecule has 0 spiro atoms. The van der Waals surface area contributed by atoms with Crippen LogP contribution in [0.25, 0.3) is 0 Å². The second-order valence-electron chi connectivity index (χ2n) is 5.15. The molecule has 100 valence electrons. The topological polar surface area (TPSA) is 38.3 Å². The van der Waals surface area contributed by atoms with E-state index in [9.17, 15) is 4.79 Å². The normalized spacial score (nSPS) is 18.2. The first-order chi connectivity index (χ1) is 8.24. The molecule has 0 aromatic carbocycles. The molecule has 0 aromatic heterocycles. The Morgan fingerprint density at radius 1 is 1.41 bits per heavy atom. The van der Waals surface area contributed by atoms with Gasteiger partial charge in [0, 0.05) is 6.54 Å². The molecule has 0 heterocycles. The SMILES string of the molecule is CCOC(=O)C(C)CNCCCC1CCCC1. The second kappa shape index (κ2) is 8.51. The fraction of sp³-hybridized carbons (Fsp3) is 0.929. The van der Waals surface area contributed by atoms with Gasteiger partial charge in [0.25, 0.3) is 0 Å². The third-order valence-electron chi connectivity index (χ3n) is 3.58. The Balaban J connectivity index is 1.94. The molecule has 1 fully saturated rings. The van der Waals surface area contributed by atoms with E-state index >= 15 is 0 Å². The van der Waals surface area contributed by atoms with Crippen LogP contribution in [0.4, 0.5) is 0 Å². The van der Waals surface area contributed by atoms with Crippen molar-refractivity contribution < 1.29 is 9.53 Å². The predicted molar refractivity (Wildman–Crippen MR) is 69.9 cm³/mol. The van der Waals surface area contributed by atoms with Crippen LogP contribution < -0.4 is 5.32 Å². The molecule has 0 saturated heterocycles. The van der Waals surface area contributed by atoms with Crippen molar-refractivity contribution in [1.82, 2.24) is 5.32 Å². The first-order valence-corrected chi connectivity index (χ1v) is 7.11. The Labute approximate surface area is 105 Å². The van der Waals surface area contributed by atoms with E-state index in [4.69, 9.17) is 4.74 Å². The predicted octanol–water partition coefficient (Wildman–Crippen LogP) is 2.75. The fourth-order valence-electron chi connectivity index (χ4n) is 2.50. The van der Waals surface area contributed by atoms with Gasteiger partial charge in [0.2, 0.25) is 0 Å². The zero-order valence-electron chi connectivity index (χ0n) is 11.3. The number of nitrogens with one attached hydrogen (secondary N) is 1. The number of ether oxygens (including phenoxy) is 1. The quantitative estimate of drug-likeness (QED) is 0.524. The molecule has 0 aromatic rings. The molecular formula is C14H27NO2. The second-order valence-corrected chi connectivity index (χ2v) is 5.15. The summed E-state index contributed by atoms with van der Waals surface area (Å²) in [6, 6.07) is 0. The van der Waals surface area contributed by atoms with Gasteiger partial charge in [-0.1, -0.05) is 32.6 Å². The van der Waals surface area contributed by atoms with Crippen LogP contribution in [0.2, 0.25) is 0 Å². The highest BCUT2D eigenvalue weighted by molar-refractivity contribution is 5.72. The number of esters is 1. The summed E-state index contributed by atoms with van der Waals surface area (Å²) < 4.78 is 4.96. The zero-order chi connectivity index (χ0) is 12.5. The molecular weight excluding hydrogens is 214 g/mol. The summed E-state index contributed by atoms with van der Waals surface area (Å²) in [7, 11) is 0. The van der Waals surface area contributed by atoms with Crippen LogP contribution in [0.3, 0.4) is 0 Å². The monoisotopic (exact) mass is 241 g/mol. The molecule has 1 unspecified atom stereocenters. The molecule has 0 radical (unpaired) electrons. The van der Waals surface area contributed by atoms with Gasteiger partial charge in [-0.25, -0.2) is 0 Å². The minimum absolute atomic E-state index is 0.0265. The highest BCUT2D eigenvalue weighted by Crippen LogP contribution is 2.28. The molecule has 1 atom stereocenters. The summed E-state index contributed by atoms with van der Waals surface area (Å²) in [6.07, 6.45) is 8.30. The van der Waals surface area contributed by atoms with Crippen molar-refractivity contribution in [3.63, 3.8) is 0 Å². The molecule has 3 heteroatoms. The lowest BCUT2D eigenvalue weighted by molar-refractivity contribution is -0.147. The molecule has 17 heavy (non-hydrogen) atoms. The first kappa shape index (κ1) is 14.5. The molecule has 1 aliphatic carbocycles. The lowest BCUT2D eigenvalue weighted by Crippen LogP contribution is -2.28. The largest absolute Gasteiger partial charge is 0.466 e. The number of rotatable bonds is 8. The molecule has 1 N–H and O–H groups in total. The van der Waals surface area contributed by atoms with E-state index < -0.39 is 0 Å². The van der Waals surface area contributed by atoms with Gasteiger partial charge in [-0.2, -0.15) is 0 Å². The first-order valence-electron chi connectivity index (χ1n) is 7.11. The van der Waals surface area contributed by atoms with Crippen molar-refractivity contribution >= 4 is 5.97 Å². The van der Waals surface area contributed by atoms with Crippen molar-refractivity contribution in [2.24, 2.45) is 11.8 Å². The maximum Gasteiger partial charge on any atom is 0.309 e. The van der Waals surface area contributed by atoms with Gasteiger partial charge in [-0.3, -0.25) is 4.79 Å². The Morgan fingerprint density at radius 2 is 2.12 bits per heavy atom. The summed E-state index contributed by atoms with van der Waals surface area (Å²) in [4.78, 5) is 11.4. The van der Waals surface area contributed by atoms with Gasteiger partial charge < -0.3 is 10.1 Å². The third-order valence-corrected chi connectivity index (χ3v) is 3.58. The van der Waals surface area contributed by atoms with Gasteiger partial charge >= 0.3 is 5.97 Å². The van der Waals surface area contributed by atoms with Crippen LogP contribution in [-0.4, -0.2) is 25.7 Å². The lowest BCUT2D eigenvalue weighted by Gasteiger charge is -2.12. The highest BCUT2D eigenvalue weighted by atomic mass is 16.5. The van der Waals surface area contributed by atoms with E-state index in [1.807, 2.05) is 13.8 Å². The Hall–Kier alpha value is -0.570. The maximum atomic E-state index is 11.4. The smallest absolute Gasteiger partial charge is 0.309 e. The summed E-state index contributed by atoms with van der Waals surface area (Å²) in [6.45, 7) is 6.01. The van der Waals surface area contributed by atoms with Crippen LogP contribution >= 0.6 is 0 Å². The zero-order valence-corrected chi connectivity index (χ0v) is 11.3. The molecule has 0 amide bonds. The van der Waals surface area contributed by atoms with E-state index in [-0.39, 0.29) is 11.9 Å². The highest BCUT2D eigenvalue weighted by Gasteiger charge is 2.15. The number of hydrogen-bond acceptors (Lipinski definition) is 3. The van der Waals surface area contributed by atoms with E-state index in [2.05, 4.69) is 5.32 Å². The van der Waals surface area contributed by atoms with E-state index in [1.165, 1.54) is 38.5 Å². The Bertz CT molecular complexity index is 212. The Kier molecular flexibility index (Phi) is 7.25. The number of hydrogen-bond donors (Lipinski definition) is 1. The Morgan fingerprint density at radius 3 is 2.76 bits per heavy atom. The summed E-state index contributed by atoms with van der Waals surface area (Å²) in [5.74, 6) is 0.858. The molecule has 3 nitrogen and oxygen atoms in total. The molecule has 1 aliphatic rings. The molecule has 1 rings (SSSR count). The van der Waals surface area contributed by atoms with Crippen LogP contribution in [-0.2, 0) is 9.53 Å². The van der Waals surface area contributed by atoms with E-state index in [0.29, 0.717) is 6.61 Å². The van der Waals surface area contributed by atoms with Gasteiger partial charge in [-0.05, 0) is 32.2 Å². The number of carbonyl (C=O) groups excluding carboxylic acids is 1. The van der Waals surface area contributed by atoms with Crippen molar-refractivity contribution in [3.05, 3.63) is 0 Å². The van der Waals surface area contributed by atoms with Crippen molar-refractivity contribution in [2.45, 2.75) is 52.4 Å². The van der Waals surface area contributed by atoms with Crippen LogP contribution in [0, 0.1) is 11.8 Å².